The highest BCUT2D eigenvalue weighted by Crippen LogP contribution is 1.84. The van der Waals surface area contributed by atoms with Crippen LogP contribution in [0.3, 0.4) is 0 Å². The summed E-state index contributed by atoms with van der Waals surface area (Å²) < 4.78 is 0. The first-order chi connectivity index (χ1) is 4.91. The standard InChI is InChI=1S/C10H16/c1-3-5-7-9-10-8-6-4-2/h5-10H,3-4H2,1-2H3. The lowest BCUT2D eigenvalue weighted by molar-refractivity contribution is 1.22. The SMILES string of the molecule is CCC=CC=CC=CCC. The zero-order valence-corrected chi connectivity index (χ0v) is 6.88. The predicted molar refractivity (Wildman–Crippen MR) is 48.0 cm³/mol. The molecule has 0 N–H and O–H groups in total. The molecule has 0 aliphatic rings. The maximum absolute atomic E-state index is 2.14. The highest BCUT2D eigenvalue weighted by molar-refractivity contribution is 5.10. The smallest absolute Gasteiger partial charge is 0.0376 e. The molecule has 0 amide bonds. The van der Waals surface area contributed by atoms with E-state index < -0.39 is 0 Å². The Morgan fingerprint density at radius 3 is 1.40 bits per heavy atom. The molecule has 0 nitrogen and oxygen atoms in total. The third kappa shape index (κ3) is 7.22. The zero-order chi connectivity index (χ0) is 7.66. The van der Waals surface area contributed by atoms with Crippen molar-refractivity contribution in [1.29, 1.82) is 0 Å². The van der Waals surface area contributed by atoms with Crippen LogP contribution in [0.25, 0.3) is 0 Å². The zero-order valence-electron chi connectivity index (χ0n) is 6.88. The maximum Gasteiger partial charge on any atom is -0.0376 e. The molecular formula is C10H16. The molecular weight excluding hydrogens is 120 g/mol. The molecule has 0 saturated carbocycles. The molecule has 0 atom stereocenters. The lowest BCUT2D eigenvalue weighted by Crippen LogP contribution is -1.53. The Morgan fingerprint density at radius 1 is 0.700 bits per heavy atom. The third-order valence-corrected chi connectivity index (χ3v) is 1.08. The van der Waals surface area contributed by atoms with Crippen LogP contribution in [-0.2, 0) is 0 Å². The average molecular weight is 136 g/mol. The Bertz CT molecular complexity index is 111. The van der Waals surface area contributed by atoms with E-state index in [0.717, 1.165) is 12.8 Å². The average Bonchev–Trinajstić information content (AvgIpc) is 1.97. The quantitative estimate of drug-likeness (QED) is 0.519. The van der Waals surface area contributed by atoms with E-state index >= 15 is 0 Å². The molecule has 0 fully saturated rings. The Hall–Kier alpha value is -0.780. The second-order valence-electron chi connectivity index (χ2n) is 2.06. The predicted octanol–water partition coefficient (Wildman–Crippen LogP) is 3.48. The molecule has 0 aromatic rings. The first kappa shape index (κ1) is 9.22. The summed E-state index contributed by atoms with van der Waals surface area (Å²) in [7, 11) is 0. The van der Waals surface area contributed by atoms with Gasteiger partial charge in [-0.3, -0.25) is 0 Å². The van der Waals surface area contributed by atoms with Crippen LogP contribution in [-0.4, -0.2) is 0 Å². The van der Waals surface area contributed by atoms with Crippen molar-refractivity contribution >= 4 is 0 Å². The molecule has 0 aromatic carbocycles. The van der Waals surface area contributed by atoms with E-state index in [1.807, 2.05) is 0 Å². The van der Waals surface area contributed by atoms with Crippen molar-refractivity contribution in [2.75, 3.05) is 0 Å². The van der Waals surface area contributed by atoms with E-state index in [2.05, 4.69) is 50.3 Å². The molecule has 0 saturated heterocycles. The van der Waals surface area contributed by atoms with Crippen LogP contribution in [0, 0.1) is 0 Å². The Labute approximate surface area is 64.0 Å². The fraction of sp³-hybridized carbons (Fsp3) is 0.400. The van der Waals surface area contributed by atoms with Crippen molar-refractivity contribution < 1.29 is 0 Å². The van der Waals surface area contributed by atoms with E-state index in [4.69, 9.17) is 0 Å². The fourth-order valence-electron chi connectivity index (χ4n) is 0.558. The molecule has 0 aliphatic heterocycles. The summed E-state index contributed by atoms with van der Waals surface area (Å²) in [4.78, 5) is 0. The van der Waals surface area contributed by atoms with Gasteiger partial charge in [-0.05, 0) is 12.8 Å². The minimum atomic E-state index is 1.11. The minimum Gasteiger partial charge on any atom is -0.0848 e. The van der Waals surface area contributed by atoms with Crippen molar-refractivity contribution in [3.8, 4) is 0 Å². The first-order valence-electron chi connectivity index (χ1n) is 3.90. The normalized spacial score (nSPS) is 12.6. The lowest BCUT2D eigenvalue weighted by atomic mass is 10.3. The van der Waals surface area contributed by atoms with Gasteiger partial charge >= 0.3 is 0 Å². The van der Waals surface area contributed by atoms with Crippen molar-refractivity contribution in [2.45, 2.75) is 26.7 Å². The van der Waals surface area contributed by atoms with Gasteiger partial charge in [-0.2, -0.15) is 0 Å². The van der Waals surface area contributed by atoms with Crippen LogP contribution in [0.1, 0.15) is 26.7 Å². The van der Waals surface area contributed by atoms with Gasteiger partial charge in [-0.1, -0.05) is 50.3 Å². The molecule has 0 unspecified atom stereocenters. The number of allylic oxidation sites excluding steroid dienone is 6. The van der Waals surface area contributed by atoms with Crippen LogP contribution in [0.2, 0.25) is 0 Å². The molecule has 0 rings (SSSR count). The largest absolute Gasteiger partial charge is 0.0848 e. The molecule has 0 aromatic heterocycles. The van der Waals surface area contributed by atoms with Gasteiger partial charge in [-0.25, -0.2) is 0 Å². The van der Waals surface area contributed by atoms with Gasteiger partial charge in [0.2, 0.25) is 0 Å². The van der Waals surface area contributed by atoms with Gasteiger partial charge in [0, 0.05) is 0 Å². The molecule has 0 spiro atoms. The minimum absolute atomic E-state index is 1.11. The number of hydrogen-bond donors (Lipinski definition) is 0. The third-order valence-electron chi connectivity index (χ3n) is 1.08. The van der Waals surface area contributed by atoms with Crippen molar-refractivity contribution in [3.05, 3.63) is 36.5 Å². The van der Waals surface area contributed by atoms with Crippen LogP contribution < -0.4 is 0 Å². The van der Waals surface area contributed by atoms with E-state index in [-0.39, 0.29) is 0 Å². The Kier molecular flexibility index (Phi) is 7.58. The first-order valence-corrected chi connectivity index (χ1v) is 3.90. The Balaban J connectivity index is 3.37. The highest BCUT2D eigenvalue weighted by atomic mass is 13.7. The second-order valence-corrected chi connectivity index (χ2v) is 2.06. The van der Waals surface area contributed by atoms with Crippen LogP contribution >= 0.6 is 0 Å². The summed E-state index contributed by atoms with van der Waals surface area (Å²) in [6.45, 7) is 4.26. The second kappa shape index (κ2) is 8.22. The fourth-order valence-corrected chi connectivity index (χ4v) is 0.558. The molecule has 0 heterocycles. The van der Waals surface area contributed by atoms with Gasteiger partial charge in [0.25, 0.3) is 0 Å². The Morgan fingerprint density at radius 2 is 1.10 bits per heavy atom. The highest BCUT2D eigenvalue weighted by Gasteiger charge is 1.62. The maximum atomic E-state index is 2.14. The van der Waals surface area contributed by atoms with Crippen molar-refractivity contribution in [2.24, 2.45) is 0 Å². The van der Waals surface area contributed by atoms with Crippen molar-refractivity contribution in [1.82, 2.24) is 0 Å². The van der Waals surface area contributed by atoms with Gasteiger partial charge in [0.15, 0.2) is 0 Å². The van der Waals surface area contributed by atoms with Crippen LogP contribution in [0.15, 0.2) is 36.5 Å². The number of rotatable bonds is 4. The summed E-state index contributed by atoms with van der Waals surface area (Å²) >= 11 is 0. The van der Waals surface area contributed by atoms with E-state index in [0.29, 0.717) is 0 Å². The summed E-state index contributed by atoms with van der Waals surface area (Å²) in [5.74, 6) is 0. The topological polar surface area (TPSA) is 0 Å². The molecule has 10 heavy (non-hydrogen) atoms. The van der Waals surface area contributed by atoms with Gasteiger partial charge in [0.1, 0.15) is 0 Å². The van der Waals surface area contributed by atoms with Crippen LogP contribution in [0.5, 0.6) is 0 Å². The summed E-state index contributed by atoms with van der Waals surface area (Å²) in [5, 5.41) is 0. The molecule has 0 heteroatoms. The van der Waals surface area contributed by atoms with E-state index in [1.165, 1.54) is 0 Å². The molecule has 0 bridgehead atoms. The van der Waals surface area contributed by atoms with E-state index in [1.54, 1.807) is 0 Å². The monoisotopic (exact) mass is 136 g/mol. The van der Waals surface area contributed by atoms with Gasteiger partial charge < -0.3 is 0 Å². The molecule has 56 valence electrons. The van der Waals surface area contributed by atoms with Crippen LogP contribution in [0.4, 0.5) is 0 Å². The molecule has 0 aliphatic carbocycles. The van der Waals surface area contributed by atoms with Crippen molar-refractivity contribution in [3.63, 3.8) is 0 Å². The van der Waals surface area contributed by atoms with Gasteiger partial charge in [-0.15, -0.1) is 0 Å². The van der Waals surface area contributed by atoms with E-state index in [9.17, 15) is 0 Å². The molecule has 0 radical (unpaired) electrons. The lowest BCUT2D eigenvalue weighted by Gasteiger charge is -1.74. The number of hydrogen-bond acceptors (Lipinski definition) is 0. The summed E-state index contributed by atoms with van der Waals surface area (Å²) in [6.07, 6.45) is 14.7. The van der Waals surface area contributed by atoms with Gasteiger partial charge in [0.05, 0.1) is 0 Å². The summed E-state index contributed by atoms with van der Waals surface area (Å²) in [6, 6.07) is 0. The summed E-state index contributed by atoms with van der Waals surface area (Å²) in [5.41, 5.74) is 0.